The van der Waals surface area contributed by atoms with Crippen LogP contribution >= 0.6 is 0 Å². The maximum atomic E-state index is 12.2. The molecule has 1 N–H and O–H groups in total. The molecule has 3 aromatic carbocycles. The third-order valence-corrected chi connectivity index (χ3v) is 4.04. The van der Waals surface area contributed by atoms with Crippen molar-refractivity contribution in [1.82, 2.24) is 5.43 Å². The van der Waals surface area contributed by atoms with E-state index in [4.69, 9.17) is 4.74 Å². The first kappa shape index (κ1) is 17.7. The van der Waals surface area contributed by atoms with Crippen molar-refractivity contribution in [2.75, 3.05) is 6.61 Å². The maximum absolute atomic E-state index is 12.2. The molecule has 0 spiro atoms. The molecule has 1 amide bonds. The SMILES string of the molecule is CCCCOc1ccc(C(=O)N/N=C\c2ccc3ccccc3c2)cc1. The van der Waals surface area contributed by atoms with Gasteiger partial charge in [0.15, 0.2) is 0 Å². The van der Waals surface area contributed by atoms with E-state index in [1.807, 2.05) is 30.3 Å². The fourth-order valence-corrected chi connectivity index (χ4v) is 2.55. The minimum atomic E-state index is -0.248. The summed E-state index contributed by atoms with van der Waals surface area (Å²) < 4.78 is 5.59. The fraction of sp³-hybridized carbons (Fsp3) is 0.182. The molecule has 3 aromatic rings. The number of carbonyl (C=O) groups excluding carboxylic acids is 1. The Bertz CT molecular complexity index is 901. The third kappa shape index (κ3) is 4.70. The molecular weight excluding hydrogens is 324 g/mol. The largest absolute Gasteiger partial charge is 0.494 e. The Morgan fingerprint density at radius 1 is 1.04 bits per heavy atom. The van der Waals surface area contributed by atoms with Gasteiger partial charge in [0.05, 0.1) is 12.8 Å². The molecule has 0 unspecified atom stereocenters. The van der Waals surface area contributed by atoms with E-state index < -0.39 is 0 Å². The Kier molecular flexibility index (Phi) is 5.99. The molecule has 4 heteroatoms. The first-order chi connectivity index (χ1) is 12.8. The predicted molar refractivity (Wildman–Crippen MR) is 106 cm³/mol. The smallest absolute Gasteiger partial charge is 0.271 e. The number of ether oxygens (including phenoxy) is 1. The van der Waals surface area contributed by atoms with E-state index in [9.17, 15) is 4.79 Å². The fourth-order valence-electron chi connectivity index (χ4n) is 2.55. The standard InChI is InChI=1S/C22H22N2O2/c1-2-3-14-26-21-12-10-19(11-13-21)22(25)24-23-16-17-8-9-18-6-4-5-7-20(18)15-17/h4-13,15-16H,2-3,14H2,1H3,(H,24,25)/b23-16-. The van der Waals surface area contributed by atoms with E-state index in [0.29, 0.717) is 12.2 Å². The number of hydrazone groups is 1. The summed E-state index contributed by atoms with van der Waals surface area (Å²) in [6.07, 6.45) is 3.76. The highest BCUT2D eigenvalue weighted by Gasteiger charge is 2.04. The Hall–Kier alpha value is -3.14. The van der Waals surface area contributed by atoms with Crippen LogP contribution in [0.4, 0.5) is 0 Å². The normalized spacial score (nSPS) is 11.0. The molecule has 0 atom stereocenters. The van der Waals surface area contributed by atoms with Crippen molar-refractivity contribution < 1.29 is 9.53 Å². The molecule has 26 heavy (non-hydrogen) atoms. The van der Waals surface area contributed by atoms with Crippen molar-refractivity contribution in [2.45, 2.75) is 19.8 Å². The van der Waals surface area contributed by atoms with Crippen molar-refractivity contribution in [2.24, 2.45) is 5.10 Å². The summed E-state index contributed by atoms with van der Waals surface area (Å²) in [5.41, 5.74) is 4.04. The minimum absolute atomic E-state index is 0.248. The van der Waals surface area contributed by atoms with Crippen LogP contribution in [0.2, 0.25) is 0 Å². The van der Waals surface area contributed by atoms with Crippen LogP contribution in [-0.2, 0) is 0 Å². The van der Waals surface area contributed by atoms with Gasteiger partial charge in [0.25, 0.3) is 5.91 Å². The first-order valence-corrected chi connectivity index (χ1v) is 8.81. The third-order valence-electron chi connectivity index (χ3n) is 4.04. The number of hydrogen-bond acceptors (Lipinski definition) is 3. The summed E-state index contributed by atoms with van der Waals surface area (Å²) in [4.78, 5) is 12.2. The zero-order valence-electron chi connectivity index (χ0n) is 14.8. The van der Waals surface area contributed by atoms with E-state index >= 15 is 0 Å². The molecule has 0 aliphatic carbocycles. The molecule has 0 saturated heterocycles. The van der Waals surface area contributed by atoms with E-state index in [0.717, 1.165) is 29.5 Å². The molecular formula is C22H22N2O2. The molecule has 0 fully saturated rings. The first-order valence-electron chi connectivity index (χ1n) is 8.81. The van der Waals surface area contributed by atoms with E-state index in [1.165, 1.54) is 5.39 Å². The van der Waals surface area contributed by atoms with Gasteiger partial charge in [-0.2, -0.15) is 5.10 Å². The van der Waals surface area contributed by atoms with Crippen LogP contribution in [0.3, 0.4) is 0 Å². The quantitative estimate of drug-likeness (QED) is 0.380. The average molecular weight is 346 g/mol. The van der Waals surface area contributed by atoms with Gasteiger partial charge in [0.1, 0.15) is 5.75 Å². The van der Waals surface area contributed by atoms with Crippen molar-refractivity contribution in [3.8, 4) is 5.75 Å². The van der Waals surface area contributed by atoms with Gasteiger partial charge >= 0.3 is 0 Å². The van der Waals surface area contributed by atoms with Gasteiger partial charge in [-0.15, -0.1) is 0 Å². The predicted octanol–water partition coefficient (Wildman–Crippen LogP) is 4.78. The van der Waals surface area contributed by atoms with Crippen LogP contribution in [0.5, 0.6) is 5.75 Å². The average Bonchev–Trinajstić information content (AvgIpc) is 2.68. The molecule has 0 aromatic heterocycles. The summed E-state index contributed by atoms with van der Waals surface area (Å²) in [5.74, 6) is 0.525. The Morgan fingerprint density at radius 2 is 1.81 bits per heavy atom. The van der Waals surface area contributed by atoms with Crippen LogP contribution in [-0.4, -0.2) is 18.7 Å². The minimum Gasteiger partial charge on any atom is -0.494 e. The highest BCUT2D eigenvalue weighted by Crippen LogP contribution is 2.15. The molecule has 0 saturated carbocycles. The molecule has 0 heterocycles. The molecule has 0 radical (unpaired) electrons. The van der Waals surface area contributed by atoms with E-state index in [2.05, 4.69) is 29.6 Å². The van der Waals surface area contributed by atoms with Gasteiger partial charge in [-0.25, -0.2) is 5.43 Å². The van der Waals surface area contributed by atoms with Gasteiger partial charge in [0.2, 0.25) is 0 Å². The van der Waals surface area contributed by atoms with Gasteiger partial charge in [-0.3, -0.25) is 4.79 Å². The zero-order chi connectivity index (χ0) is 18.2. The number of amides is 1. The Morgan fingerprint density at radius 3 is 2.58 bits per heavy atom. The lowest BCUT2D eigenvalue weighted by atomic mass is 10.1. The number of rotatable bonds is 7. The second kappa shape index (κ2) is 8.81. The highest BCUT2D eigenvalue weighted by molar-refractivity contribution is 5.95. The van der Waals surface area contributed by atoms with Gasteiger partial charge < -0.3 is 4.74 Å². The van der Waals surface area contributed by atoms with Crippen molar-refractivity contribution in [3.63, 3.8) is 0 Å². The summed E-state index contributed by atoms with van der Waals surface area (Å²) in [7, 11) is 0. The molecule has 3 rings (SSSR count). The second-order valence-corrected chi connectivity index (χ2v) is 6.03. The summed E-state index contributed by atoms with van der Waals surface area (Å²) >= 11 is 0. The van der Waals surface area contributed by atoms with Crippen molar-refractivity contribution in [3.05, 3.63) is 77.9 Å². The summed E-state index contributed by atoms with van der Waals surface area (Å²) in [6, 6.07) is 21.3. The monoisotopic (exact) mass is 346 g/mol. The lowest BCUT2D eigenvalue weighted by Gasteiger charge is -2.06. The van der Waals surface area contributed by atoms with Crippen LogP contribution < -0.4 is 10.2 Å². The lowest BCUT2D eigenvalue weighted by molar-refractivity contribution is 0.0955. The van der Waals surface area contributed by atoms with Crippen molar-refractivity contribution in [1.29, 1.82) is 0 Å². The highest BCUT2D eigenvalue weighted by atomic mass is 16.5. The topological polar surface area (TPSA) is 50.7 Å². The molecule has 0 aliphatic heterocycles. The Balaban J connectivity index is 1.57. The molecule has 0 aliphatic rings. The number of nitrogens with zero attached hydrogens (tertiary/aromatic N) is 1. The molecule has 132 valence electrons. The van der Waals surface area contributed by atoms with Gasteiger partial charge in [-0.1, -0.05) is 49.7 Å². The van der Waals surface area contributed by atoms with Crippen LogP contribution in [0, 0.1) is 0 Å². The zero-order valence-corrected chi connectivity index (χ0v) is 14.8. The van der Waals surface area contributed by atoms with Crippen molar-refractivity contribution >= 4 is 22.9 Å². The number of carbonyl (C=O) groups is 1. The number of fused-ring (bicyclic) bond motifs is 1. The summed E-state index contributed by atoms with van der Waals surface area (Å²) in [6.45, 7) is 2.81. The van der Waals surface area contributed by atoms with E-state index in [1.54, 1.807) is 30.5 Å². The summed E-state index contributed by atoms with van der Waals surface area (Å²) in [5, 5.41) is 6.37. The van der Waals surface area contributed by atoms with Crippen LogP contribution in [0.15, 0.2) is 71.8 Å². The van der Waals surface area contributed by atoms with Crippen LogP contribution in [0.25, 0.3) is 10.8 Å². The second-order valence-electron chi connectivity index (χ2n) is 6.03. The number of benzene rings is 3. The van der Waals surface area contributed by atoms with E-state index in [-0.39, 0.29) is 5.91 Å². The van der Waals surface area contributed by atoms with Crippen LogP contribution in [0.1, 0.15) is 35.7 Å². The maximum Gasteiger partial charge on any atom is 0.271 e. The lowest BCUT2D eigenvalue weighted by Crippen LogP contribution is -2.17. The Labute approximate surface area is 153 Å². The number of nitrogens with one attached hydrogen (secondary N) is 1. The number of hydrogen-bond donors (Lipinski definition) is 1. The molecule has 4 nitrogen and oxygen atoms in total. The van der Waals surface area contributed by atoms with Gasteiger partial charge in [-0.05, 0) is 53.1 Å². The number of unbranched alkanes of at least 4 members (excludes halogenated alkanes) is 1. The van der Waals surface area contributed by atoms with Gasteiger partial charge in [0, 0.05) is 5.56 Å². The molecule has 0 bridgehead atoms.